The molecule has 2 N–H and O–H groups in total. The molecule has 0 heterocycles. The average Bonchev–Trinajstić information content (AvgIpc) is 2.74. The number of amides is 1. The molecular weight excluding hydrogens is 442 g/mol. The maximum absolute atomic E-state index is 12.6. The molecule has 0 aromatic heterocycles. The molecule has 0 aliphatic carbocycles. The van der Waals surface area contributed by atoms with Crippen molar-refractivity contribution in [2.45, 2.75) is 23.8 Å². The number of para-hydroxylation sites is 1. The number of thioether (sulfide) groups is 1. The summed E-state index contributed by atoms with van der Waals surface area (Å²) in [6.45, 7) is 1.24. The van der Waals surface area contributed by atoms with Crippen molar-refractivity contribution < 1.29 is 13.2 Å². The second-order valence-electron chi connectivity index (χ2n) is 6.81. The second-order valence-corrected chi connectivity index (χ2v) is 9.95. The fourth-order valence-corrected chi connectivity index (χ4v) is 4.64. The summed E-state index contributed by atoms with van der Waals surface area (Å²) in [5.41, 5.74) is 1.11. The number of hydrogen-bond acceptors (Lipinski definition) is 5. The van der Waals surface area contributed by atoms with Crippen molar-refractivity contribution in [1.29, 1.82) is 0 Å². The number of carbonyl (C=O) groups is 1. The van der Waals surface area contributed by atoms with Crippen LogP contribution in [0.3, 0.4) is 0 Å². The SMILES string of the molecule is CSCCC(NS(=O)(=O)c1ccc(Cl)cc1)C(=O)NCCCN(C)c1ccccc1. The second kappa shape index (κ2) is 12.2. The molecule has 9 heteroatoms. The first-order valence-electron chi connectivity index (χ1n) is 9.64. The minimum Gasteiger partial charge on any atom is -0.375 e. The van der Waals surface area contributed by atoms with E-state index in [1.54, 1.807) is 11.8 Å². The van der Waals surface area contributed by atoms with Gasteiger partial charge in [-0.05, 0) is 61.2 Å². The summed E-state index contributed by atoms with van der Waals surface area (Å²) in [5, 5.41) is 3.31. The summed E-state index contributed by atoms with van der Waals surface area (Å²) in [7, 11) is -1.82. The molecule has 2 rings (SSSR count). The summed E-state index contributed by atoms with van der Waals surface area (Å²) in [5.74, 6) is 0.349. The summed E-state index contributed by atoms with van der Waals surface area (Å²) in [4.78, 5) is 14.8. The highest BCUT2D eigenvalue weighted by Crippen LogP contribution is 2.15. The lowest BCUT2D eigenvalue weighted by Gasteiger charge is -2.21. The molecule has 0 fully saturated rings. The van der Waals surface area contributed by atoms with Gasteiger partial charge in [0.05, 0.1) is 4.90 Å². The number of sulfonamides is 1. The Morgan fingerprint density at radius 3 is 2.43 bits per heavy atom. The van der Waals surface area contributed by atoms with E-state index >= 15 is 0 Å². The molecular formula is C21H28ClN3O3S2. The minimum absolute atomic E-state index is 0.0818. The smallest absolute Gasteiger partial charge is 0.241 e. The average molecular weight is 470 g/mol. The summed E-state index contributed by atoms with van der Waals surface area (Å²) >= 11 is 7.40. The molecule has 0 saturated heterocycles. The van der Waals surface area contributed by atoms with Crippen molar-refractivity contribution in [3.8, 4) is 0 Å². The third-order valence-electron chi connectivity index (χ3n) is 4.51. The van der Waals surface area contributed by atoms with Gasteiger partial charge >= 0.3 is 0 Å². The normalized spacial score (nSPS) is 12.4. The van der Waals surface area contributed by atoms with Crippen LogP contribution in [-0.4, -0.2) is 52.5 Å². The summed E-state index contributed by atoms with van der Waals surface area (Å²) in [6, 6.07) is 15.0. The Bertz CT molecular complexity index is 893. The van der Waals surface area contributed by atoms with Gasteiger partial charge in [-0.25, -0.2) is 8.42 Å². The highest BCUT2D eigenvalue weighted by molar-refractivity contribution is 7.98. The Balaban J connectivity index is 1.90. The van der Waals surface area contributed by atoms with Gasteiger partial charge in [-0.15, -0.1) is 0 Å². The molecule has 6 nitrogen and oxygen atoms in total. The van der Waals surface area contributed by atoms with Crippen molar-refractivity contribution in [2.75, 3.05) is 37.0 Å². The van der Waals surface area contributed by atoms with Crippen molar-refractivity contribution >= 4 is 45.0 Å². The van der Waals surface area contributed by atoms with E-state index < -0.39 is 16.1 Å². The molecule has 2 aromatic rings. The number of halogens is 1. The molecule has 2 aromatic carbocycles. The third kappa shape index (κ3) is 7.83. The zero-order chi connectivity index (χ0) is 22.0. The third-order valence-corrected chi connectivity index (χ3v) is 6.90. The maximum Gasteiger partial charge on any atom is 0.241 e. The van der Waals surface area contributed by atoms with Gasteiger partial charge in [-0.2, -0.15) is 16.5 Å². The lowest BCUT2D eigenvalue weighted by molar-refractivity contribution is -0.122. The van der Waals surface area contributed by atoms with Crippen LogP contribution in [0.4, 0.5) is 5.69 Å². The predicted molar refractivity (Wildman–Crippen MR) is 126 cm³/mol. The van der Waals surface area contributed by atoms with Crippen LogP contribution in [0, 0.1) is 0 Å². The van der Waals surface area contributed by atoms with E-state index in [1.165, 1.54) is 24.3 Å². The van der Waals surface area contributed by atoms with Crippen LogP contribution in [0.5, 0.6) is 0 Å². The van der Waals surface area contributed by atoms with Crippen molar-refractivity contribution in [1.82, 2.24) is 10.0 Å². The first-order valence-corrected chi connectivity index (χ1v) is 12.9. The van der Waals surface area contributed by atoms with E-state index in [2.05, 4.69) is 14.9 Å². The van der Waals surface area contributed by atoms with Crippen LogP contribution in [0.2, 0.25) is 5.02 Å². The number of hydrogen-bond donors (Lipinski definition) is 2. The molecule has 1 amide bonds. The molecule has 1 atom stereocenters. The Morgan fingerprint density at radius 1 is 1.13 bits per heavy atom. The highest BCUT2D eigenvalue weighted by atomic mass is 35.5. The summed E-state index contributed by atoms with van der Waals surface area (Å²) < 4.78 is 27.8. The Kier molecular flexibility index (Phi) is 9.97. The standard InChI is InChI=1S/C21H28ClN3O3S2/c1-25(18-7-4-3-5-8-18)15-6-14-23-21(26)20(13-16-29-2)24-30(27,28)19-11-9-17(22)10-12-19/h3-5,7-12,20,24H,6,13-16H2,1-2H3,(H,23,26). The van der Waals surface area contributed by atoms with Gasteiger partial charge in [0.15, 0.2) is 0 Å². The van der Waals surface area contributed by atoms with Gasteiger partial charge in [0.1, 0.15) is 6.04 Å². The molecule has 0 spiro atoms. The molecule has 164 valence electrons. The first kappa shape index (κ1) is 24.5. The lowest BCUT2D eigenvalue weighted by Crippen LogP contribution is -2.47. The van der Waals surface area contributed by atoms with E-state index in [1.807, 2.05) is 43.6 Å². The van der Waals surface area contributed by atoms with Crippen molar-refractivity contribution in [2.24, 2.45) is 0 Å². The Labute approximate surface area is 188 Å². The molecule has 0 aliphatic rings. The molecule has 0 radical (unpaired) electrons. The van der Waals surface area contributed by atoms with Crippen molar-refractivity contribution in [3.05, 3.63) is 59.6 Å². The highest BCUT2D eigenvalue weighted by Gasteiger charge is 2.25. The number of nitrogens with one attached hydrogen (secondary N) is 2. The van der Waals surface area contributed by atoms with E-state index in [9.17, 15) is 13.2 Å². The van der Waals surface area contributed by atoms with Crippen LogP contribution in [0.25, 0.3) is 0 Å². The van der Waals surface area contributed by atoms with Gasteiger partial charge in [0.25, 0.3) is 0 Å². The number of nitrogens with zero attached hydrogens (tertiary/aromatic N) is 1. The number of carbonyl (C=O) groups excluding carboxylic acids is 1. The van der Waals surface area contributed by atoms with Gasteiger partial charge in [0.2, 0.25) is 15.9 Å². The molecule has 1 unspecified atom stereocenters. The molecule has 0 aliphatic heterocycles. The van der Waals surface area contributed by atoms with Crippen LogP contribution >= 0.6 is 23.4 Å². The van der Waals surface area contributed by atoms with E-state index in [0.29, 0.717) is 23.7 Å². The van der Waals surface area contributed by atoms with E-state index in [0.717, 1.165) is 18.7 Å². The predicted octanol–water partition coefficient (Wildman–Crippen LogP) is 3.38. The van der Waals surface area contributed by atoms with Crippen molar-refractivity contribution in [3.63, 3.8) is 0 Å². The summed E-state index contributed by atoms with van der Waals surface area (Å²) in [6.07, 6.45) is 3.07. The lowest BCUT2D eigenvalue weighted by atomic mass is 10.2. The van der Waals surface area contributed by atoms with Gasteiger partial charge < -0.3 is 10.2 Å². The zero-order valence-electron chi connectivity index (χ0n) is 17.2. The van der Waals surface area contributed by atoms with E-state index in [4.69, 9.17) is 11.6 Å². The topological polar surface area (TPSA) is 78.5 Å². The van der Waals surface area contributed by atoms with Gasteiger partial charge in [-0.3, -0.25) is 4.79 Å². The number of benzene rings is 2. The van der Waals surface area contributed by atoms with Crippen LogP contribution < -0.4 is 14.9 Å². The number of rotatable bonds is 12. The Hall–Kier alpha value is -1.74. The van der Waals surface area contributed by atoms with Crippen LogP contribution in [-0.2, 0) is 14.8 Å². The van der Waals surface area contributed by atoms with Crippen LogP contribution in [0.1, 0.15) is 12.8 Å². The van der Waals surface area contributed by atoms with Crippen LogP contribution in [0.15, 0.2) is 59.5 Å². The first-order chi connectivity index (χ1) is 14.3. The van der Waals surface area contributed by atoms with Gasteiger partial charge in [-0.1, -0.05) is 29.8 Å². The Morgan fingerprint density at radius 2 is 1.80 bits per heavy atom. The quantitative estimate of drug-likeness (QED) is 0.466. The minimum atomic E-state index is -3.82. The molecule has 0 saturated carbocycles. The fraction of sp³-hybridized carbons (Fsp3) is 0.381. The monoisotopic (exact) mass is 469 g/mol. The largest absolute Gasteiger partial charge is 0.375 e. The fourth-order valence-electron chi connectivity index (χ4n) is 2.81. The molecule has 30 heavy (non-hydrogen) atoms. The number of anilines is 1. The molecule has 0 bridgehead atoms. The van der Waals surface area contributed by atoms with E-state index in [-0.39, 0.29) is 10.8 Å². The van der Waals surface area contributed by atoms with Gasteiger partial charge in [0, 0.05) is 30.8 Å². The maximum atomic E-state index is 12.6. The zero-order valence-corrected chi connectivity index (χ0v) is 19.6.